The van der Waals surface area contributed by atoms with E-state index in [-0.39, 0.29) is 23.3 Å². The van der Waals surface area contributed by atoms with E-state index in [9.17, 15) is 14.4 Å². The van der Waals surface area contributed by atoms with Gasteiger partial charge in [0.25, 0.3) is 0 Å². The Hall–Kier alpha value is -2.37. The van der Waals surface area contributed by atoms with Crippen molar-refractivity contribution in [3.05, 3.63) is 35.2 Å². The number of carbonyl (C=O) groups is 3. The number of esters is 1. The maximum Gasteiger partial charge on any atom is 0.354 e. The number of H-pyrrole nitrogens is 1. The van der Waals surface area contributed by atoms with E-state index >= 15 is 0 Å². The van der Waals surface area contributed by atoms with E-state index in [4.69, 9.17) is 4.74 Å². The largest absolute Gasteiger partial charge is 0.464 e. The molecule has 1 saturated carbocycles. The minimum atomic E-state index is -0.616. The van der Waals surface area contributed by atoms with E-state index in [1.54, 1.807) is 31.7 Å². The number of methoxy groups -OCH3 is 1. The Bertz CT molecular complexity index is 685. The molecule has 1 fully saturated rings. The van der Waals surface area contributed by atoms with Crippen molar-refractivity contribution >= 4 is 17.7 Å². The number of Topliss-reactive ketones (excluding diaryl/α,β-unsaturated/α-hetero) is 1. The summed E-state index contributed by atoms with van der Waals surface area (Å²) in [5, 5.41) is 0. The zero-order chi connectivity index (χ0) is 18.0. The third-order valence-electron chi connectivity index (χ3n) is 4.46. The lowest BCUT2D eigenvalue weighted by molar-refractivity contribution is -0.133. The molecular formula is C18H24N2O4. The lowest BCUT2D eigenvalue weighted by atomic mass is 9.99. The molecule has 6 heteroatoms. The van der Waals surface area contributed by atoms with Crippen LogP contribution in [0.15, 0.2) is 12.7 Å². The molecule has 1 atom stereocenters. The number of carbonyl (C=O) groups excluding carboxylic acids is 3. The van der Waals surface area contributed by atoms with Crippen molar-refractivity contribution in [1.82, 2.24) is 9.88 Å². The molecule has 1 aliphatic rings. The first kappa shape index (κ1) is 18.0. The SMILES string of the molecule is C=CCN(C(=O)C1CC1)C(C)C(=O)c1c(C)[nH]c(C(=O)OC)c1C. The zero-order valence-corrected chi connectivity index (χ0v) is 14.6. The quantitative estimate of drug-likeness (QED) is 0.472. The highest BCUT2D eigenvalue weighted by Crippen LogP contribution is 2.32. The summed E-state index contributed by atoms with van der Waals surface area (Å²) in [4.78, 5) is 41.7. The molecule has 1 unspecified atom stereocenters. The van der Waals surface area contributed by atoms with Crippen LogP contribution in [0.2, 0.25) is 0 Å². The highest BCUT2D eigenvalue weighted by atomic mass is 16.5. The summed E-state index contributed by atoms with van der Waals surface area (Å²) in [5.74, 6) is -0.680. The van der Waals surface area contributed by atoms with Crippen molar-refractivity contribution < 1.29 is 19.1 Å². The maximum absolute atomic E-state index is 13.0. The van der Waals surface area contributed by atoms with Gasteiger partial charge in [-0.15, -0.1) is 6.58 Å². The van der Waals surface area contributed by atoms with Gasteiger partial charge < -0.3 is 14.6 Å². The van der Waals surface area contributed by atoms with Crippen LogP contribution in [0, 0.1) is 19.8 Å². The van der Waals surface area contributed by atoms with Gasteiger partial charge in [-0.05, 0) is 39.2 Å². The number of aromatic amines is 1. The Morgan fingerprint density at radius 1 is 1.38 bits per heavy atom. The molecule has 1 amide bonds. The van der Waals surface area contributed by atoms with Crippen molar-refractivity contribution in [2.45, 2.75) is 39.7 Å². The molecule has 0 aliphatic heterocycles. The molecule has 0 saturated heterocycles. The molecule has 0 spiro atoms. The smallest absolute Gasteiger partial charge is 0.354 e. The summed E-state index contributed by atoms with van der Waals surface area (Å²) in [5.41, 5.74) is 1.87. The number of nitrogens with zero attached hydrogens (tertiary/aromatic N) is 1. The summed E-state index contributed by atoms with van der Waals surface area (Å²) in [6.07, 6.45) is 3.38. The Morgan fingerprint density at radius 2 is 2.00 bits per heavy atom. The molecule has 0 radical (unpaired) electrons. The van der Waals surface area contributed by atoms with Crippen LogP contribution in [0.1, 0.15) is 51.9 Å². The molecule has 1 heterocycles. The molecule has 24 heavy (non-hydrogen) atoms. The molecule has 2 rings (SSSR count). The Labute approximate surface area is 141 Å². The van der Waals surface area contributed by atoms with Gasteiger partial charge in [-0.25, -0.2) is 4.79 Å². The first-order chi connectivity index (χ1) is 11.3. The van der Waals surface area contributed by atoms with Crippen molar-refractivity contribution in [2.75, 3.05) is 13.7 Å². The van der Waals surface area contributed by atoms with E-state index in [0.29, 0.717) is 23.4 Å². The number of aromatic nitrogens is 1. The van der Waals surface area contributed by atoms with Crippen molar-refractivity contribution in [2.24, 2.45) is 5.92 Å². The lowest BCUT2D eigenvalue weighted by Crippen LogP contribution is -2.44. The lowest BCUT2D eigenvalue weighted by Gasteiger charge is -2.27. The minimum Gasteiger partial charge on any atom is -0.464 e. The minimum absolute atomic E-state index is 0.00483. The fourth-order valence-corrected chi connectivity index (χ4v) is 2.92. The van der Waals surface area contributed by atoms with Gasteiger partial charge in [0.2, 0.25) is 5.91 Å². The van der Waals surface area contributed by atoms with Crippen LogP contribution >= 0.6 is 0 Å². The zero-order valence-electron chi connectivity index (χ0n) is 14.6. The third kappa shape index (κ3) is 3.27. The van der Waals surface area contributed by atoms with E-state index in [1.165, 1.54) is 7.11 Å². The normalized spacial score (nSPS) is 14.8. The number of aryl methyl sites for hydroxylation is 1. The second kappa shape index (κ2) is 7.03. The van der Waals surface area contributed by atoms with Crippen LogP contribution in [-0.4, -0.2) is 47.2 Å². The van der Waals surface area contributed by atoms with Crippen molar-refractivity contribution in [1.29, 1.82) is 0 Å². The fraction of sp³-hybridized carbons (Fsp3) is 0.500. The fourth-order valence-electron chi connectivity index (χ4n) is 2.92. The Balaban J connectivity index is 2.32. The summed E-state index contributed by atoms with van der Waals surface area (Å²) in [6.45, 7) is 9.16. The summed E-state index contributed by atoms with van der Waals surface area (Å²) >= 11 is 0. The second-order valence-electron chi connectivity index (χ2n) is 6.21. The van der Waals surface area contributed by atoms with Crippen LogP contribution in [0.5, 0.6) is 0 Å². The first-order valence-corrected chi connectivity index (χ1v) is 8.06. The first-order valence-electron chi connectivity index (χ1n) is 8.06. The predicted molar refractivity (Wildman–Crippen MR) is 90.0 cm³/mol. The number of nitrogens with one attached hydrogen (secondary N) is 1. The number of ketones is 1. The number of ether oxygens (including phenoxy) is 1. The van der Waals surface area contributed by atoms with E-state index in [1.807, 2.05) is 0 Å². The maximum atomic E-state index is 13.0. The number of amides is 1. The average molecular weight is 332 g/mol. The van der Waals surface area contributed by atoms with Gasteiger partial charge in [-0.2, -0.15) is 0 Å². The number of hydrogen-bond donors (Lipinski definition) is 1. The Morgan fingerprint density at radius 3 is 2.50 bits per heavy atom. The van der Waals surface area contributed by atoms with Gasteiger partial charge in [0.15, 0.2) is 5.78 Å². The molecule has 0 aromatic carbocycles. The molecule has 1 N–H and O–H groups in total. The van der Waals surface area contributed by atoms with E-state index in [0.717, 1.165) is 12.8 Å². The van der Waals surface area contributed by atoms with Gasteiger partial charge in [0.1, 0.15) is 5.69 Å². The van der Waals surface area contributed by atoms with Crippen LogP contribution in [0.25, 0.3) is 0 Å². The van der Waals surface area contributed by atoms with Crippen LogP contribution in [0.3, 0.4) is 0 Å². The predicted octanol–water partition coefficient (Wildman–Crippen LogP) is 2.41. The van der Waals surface area contributed by atoms with Gasteiger partial charge in [-0.1, -0.05) is 6.08 Å². The standard InChI is InChI=1S/C18H24N2O4/c1-6-9-20(17(22)13-7-8-13)12(4)16(21)14-10(2)15(18(23)24-5)19-11(14)3/h6,12-13,19H,1,7-9H2,2-5H3. The molecule has 1 aromatic heterocycles. The van der Waals surface area contributed by atoms with Crippen LogP contribution < -0.4 is 0 Å². The number of hydrogen-bond acceptors (Lipinski definition) is 4. The molecule has 6 nitrogen and oxygen atoms in total. The topological polar surface area (TPSA) is 79.5 Å². The van der Waals surface area contributed by atoms with Crippen LogP contribution in [-0.2, 0) is 9.53 Å². The van der Waals surface area contributed by atoms with E-state index in [2.05, 4.69) is 11.6 Å². The summed E-state index contributed by atoms with van der Waals surface area (Å²) < 4.78 is 4.73. The molecule has 1 aliphatic carbocycles. The average Bonchev–Trinajstić information content (AvgIpc) is 3.36. The van der Waals surface area contributed by atoms with Gasteiger partial charge >= 0.3 is 5.97 Å². The van der Waals surface area contributed by atoms with Gasteiger partial charge in [0, 0.05) is 23.7 Å². The van der Waals surface area contributed by atoms with E-state index < -0.39 is 12.0 Å². The van der Waals surface area contributed by atoms with Crippen LogP contribution in [0.4, 0.5) is 0 Å². The summed E-state index contributed by atoms with van der Waals surface area (Å²) in [7, 11) is 1.29. The van der Waals surface area contributed by atoms with Gasteiger partial charge in [-0.3, -0.25) is 9.59 Å². The summed E-state index contributed by atoms with van der Waals surface area (Å²) in [6, 6.07) is -0.616. The highest BCUT2D eigenvalue weighted by molar-refractivity contribution is 6.06. The second-order valence-corrected chi connectivity index (χ2v) is 6.21. The van der Waals surface area contributed by atoms with Crippen molar-refractivity contribution in [3.8, 4) is 0 Å². The number of rotatable bonds is 7. The van der Waals surface area contributed by atoms with Gasteiger partial charge in [0.05, 0.1) is 13.2 Å². The molecular weight excluding hydrogens is 308 g/mol. The van der Waals surface area contributed by atoms with Crippen molar-refractivity contribution in [3.63, 3.8) is 0 Å². The highest BCUT2D eigenvalue weighted by Gasteiger charge is 2.37. The third-order valence-corrected chi connectivity index (χ3v) is 4.46. The molecule has 1 aromatic rings. The molecule has 130 valence electrons. The monoisotopic (exact) mass is 332 g/mol. The Kier molecular flexibility index (Phi) is 5.26. The molecule has 0 bridgehead atoms.